The minimum Gasteiger partial charge on any atom is -0.497 e. The fourth-order valence-corrected chi connectivity index (χ4v) is 3.37. The van der Waals surface area contributed by atoms with Crippen molar-refractivity contribution in [3.63, 3.8) is 0 Å². The predicted molar refractivity (Wildman–Crippen MR) is 85.2 cm³/mol. The van der Waals surface area contributed by atoms with Gasteiger partial charge in [0.05, 0.1) is 7.11 Å². The normalized spacial score (nSPS) is 17.7. The van der Waals surface area contributed by atoms with Crippen LogP contribution in [0.15, 0.2) is 29.6 Å². The number of thiazole rings is 1. The molecule has 1 aliphatic rings. The van der Waals surface area contributed by atoms with Crippen LogP contribution in [0.4, 0.5) is 0 Å². The van der Waals surface area contributed by atoms with Crippen molar-refractivity contribution in [3.05, 3.63) is 35.3 Å². The fraction of sp³-hybridized carbons (Fsp3) is 0.375. The van der Waals surface area contributed by atoms with E-state index in [4.69, 9.17) is 9.84 Å². The van der Waals surface area contributed by atoms with E-state index < -0.39 is 0 Å². The number of aromatic nitrogens is 1. The summed E-state index contributed by atoms with van der Waals surface area (Å²) >= 11 is 1.46. The van der Waals surface area contributed by atoms with Crippen molar-refractivity contribution >= 4 is 17.2 Å². The molecule has 0 radical (unpaired) electrons. The third-order valence-corrected chi connectivity index (χ3v) is 4.78. The monoisotopic (exact) mass is 318 g/mol. The molecular formula is C16H18N2O3S. The standard InChI is InChI=1S/C16H18N2O3S/c1-21-13-4-2-12(3-5-13)15-17-14(10-22-15)16(20)18-7-6-11(8-18)9-19/h2-5,10-11,19H,6-9H2,1H3. The molecule has 5 nitrogen and oxygen atoms in total. The largest absolute Gasteiger partial charge is 0.497 e. The summed E-state index contributed by atoms with van der Waals surface area (Å²) in [6, 6.07) is 7.63. The third-order valence-electron chi connectivity index (χ3n) is 3.89. The van der Waals surface area contributed by atoms with Crippen molar-refractivity contribution < 1.29 is 14.6 Å². The SMILES string of the molecule is COc1ccc(-c2nc(C(=O)N3CCC(CO)C3)cs2)cc1. The topological polar surface area (TPSA) is 62.7 Å². The second kappa shape index (κ2) is 6.46. The van der Waals surface area contributed by atoms with Crippen molar-refractivity contribution in [1.29, 1.82) is 0 Å². The van der Waals surface area contributed by atoms with E-state index >= 15 is 0 Å². The zero-order valence-electron chi connectivity index (χ0n) is 12.4. The lowest BCUT2D eigenvalue weighted by Gasteiger charge is -2.14. The lowest BCUT2D eigenvalue weighted by Crippen LogP contribution is -2.29. The number of likely N-dealkylation sites (tertiary alicyclic amines) is 1. The van der Waals surface area contributed by atoms with Crippen LogP contribution in [0.5, 0.6) is 5.75 Å². The number of carbonyl (C=O) groups is 1. The minimum absolute atomic E-state index is 0.0491. The second-order valence-corrected chi connectivity index (χ2v) is 6.21. The average Bonchev–Trinajstić information content (AvgIpc) is 3.23. The van der Waals surface area contributed by atoms with Crippen LogP contribution < -0.4 is 4.74 Å². The number of rotatable bonds is 4. The van der Waals surface area contributed by atoms with Crippen molar-refractivity contribution in [3.8, 4) is 16.3 Å². The Morgan fingerprint density at radius 2 is 2.23 bits per heavy atom. The molecule has 0 aliphatic carbocycles. The smallest absolute Gasteiger partial charge is 0.273 e. The van der Waals surface area contributed by atoms with Gasteiger partial charge in [-0.15, -0.1) is 11.3 Å². The van der Waals surface area contributed by atoms with Crippen LogP contribution in [-0.2, 0) is 0 Å². The van der Waals surface area contributed by atoms with Gasteiger partial charge in [-0.1, -0.05) is 0 Å². The van der Waals surface area contributed by atoms with Crippen LogP contribution in [0.25, 0.3) is 10.6 Å². The highest BCUT2D eigenvalue weighted by Crippen LogP contribution is 2.27. The van der Waals surface area contributed by atoms with Gasteiger partial charge in [0, 0.05) is 36.6 Å². The predicted octanol–water partition coefficient (Wildman–Crippen LogP) is 2.27. The number of hydrogen-bond donors (Lipinski definition) is 1. The lowest BCUT2D eigenvalue weighted by atomic mass is 10.1. The van der Waals surface area contributed by atoms with E-state index in [9.17, 15) is 4.79 Å². The maximum absolute atomic E-state index is 12.4. The Morgan fingerprint density at radius 3 is 2.86 bits per heavy atom. The Kier molecular flexibility index (Phi) is 4.40. The summed E-state index contributed by atoms with van der Waals surface area (Å²) < 4.78 is 5.14. The van der Waals surface area contributed by atoms with Crippen LogP contribution in [0.2, 0.25) is 0 Å². The van der Waals surface area contributed by atoms with Crippen LogP contribution >= 0.6 is 11.3 Å². The van der Waals surface area contributed by atoms with E-state index in [2.05, 4.69) is 4.98 Å². The van der Waals surface area contributed by atoms with Gasteiger partial charge in [0.25, 0.3) is 5.91 Å². The molecule has 3 rings (SSSR count). The van der Waals surface area contributed by atoms with Gasteiger partial charge < -0.3 is 14.7 Å². The van der Waals surface area contributed by atoms with Crippen molar-refractivity contribution in [1.82, 2.24) is 9.88 Å². The first kappa shape index (κ1) is 15.0. The quantitative estimate of drug-likeness (QED) is 0.939. The Labute approximate surface area is 133 Å². The molecule has 1 aromatic carbocycles. The Morgan fingerprint density at radius 1 is 1.45 bits per heavy atom. The third kappa shape index (κ3) is 2.98. The van der Waals surface area contributed by atoms with Crippen LogP contribution in [0, 0.1) is 5.92 Å². The molecule has 2 heterocycles. The maximum atomic E-state index is 12.4. The molecule has 0 spiro atoms. The molecule has 1 fully saturated rings. The highest BCUT2D eigenvalue weighted by molar-refractivity contribution is 7.13. The Balaban J connectivity index is 1.74. The number of carbonyl (C=O) groups excluding carboxylic acids is 1. The van der Waals surface area contributed by atoms with E-state index in [1.54, 1.807) is 17.4 Å². The number of ether oxygens (including phenoxy) is 1. The first-order valence-electron chi connectivity index (χ1n) is 7.21. The summed E-state index contributed by atoms with van der Waals surface area (Å²) in [4.78, 5) is 18.6. The molecule has 2 aromatic rings. The van der Waals surface area contributed by atoms with E-state index in [1.807, 2.05) is 24.3 Å². The Bertz CT molecular complexity index is 654. The first-order valence-corrected chi connectivity index (χ1v) is 8.09. The van der Waals surface area contributed by atoms with Gasteiger partial charge in [-0.2, -0.15) is 0 Å². The Hall–Kier alpha value is -1.92. The van der Waals surface area contributed by atoms with Crippen molar-refractivity contribution in [2.75, 3.05) is 26.8 Å². The van der Waals surface area contributed by atoms with Gasteiger partial charge in [0.2, 0.25) is 0 Å². The van der Waals surface area contributed by atoms with E-state index in [1.165, 1.54) is 11.3 Å². The molecular weight excluding hydrogens is 300 g/mol. The molecule has 116 valence electrons. The molecule has 1 unspecified atom stereocenters. The molecule has 1 saturated heterocycles. The van der Waals surface area contributed by atoms with Gasteiger partial charge >= 0.3 is 0 Å². The summed E-state index contributed by atoms with van der Waals surface area (Å²) in [6.07, 6.45) is 0.859. The van der Waals surface area contributed by atoms with Crippen molar-refractivity contribution in [2.45, 2.75) is 6.42 Å². The highest BCUT2D eigenvalue weighted by Gasteiger charge is 2.27. The highest BCUT2D eigenvalue weighted by atomic mass is 32.1. The molecule has 22 heavy (non-hydrogen) atoms. The van der Waals surface area contributed by atoms with Crippen molar-refractivity contribution in [2.24, 2.45) is 5.92 Å². The summed E-state index contributed by atoms with van der Waals surface area (Å²) in [6.45, 7) is 1.45. The summed E-state index contributed by atoms with van der Waals surface area (Å²) in [7, 11) is 1.63. The second-order valence-electron chi connectivity index (χ2n) is 5.35. The zero-order chi connectivity index (χ0) is 15.5. The minimum atomic E-state index is -0.0491. The van der Waals surface area contributed by atoms with Gasteiger partial charge in [0.1, 0.15) is 16.5 Å². The molecule has 1 N–H and O–H groups in total. The number of methoxy groups -OCH3 is 1. The van der Waals surface area contributed by atoms with Crippen LogP contribution in [0.3, 0.4) is 0 Å². The number of nitrogens with zero attached hydrogens (tertiary/aromatic N) is 2. The summed E-state index contributed by atoms with van der Waals surface area (Å²) in [5.74, 6) is 0.944. The molecule has 0 saturated carbocycles. The van der Waals surface area contributed by atoms with Gasteiger partial charge in [-0.3, -0.25) is 4.79 Å². The van der Waals surface area contributed by atoms with E-state index in [-0.39, 0.29) is 18.4 Å². The van der Waals surface area contributed by atoms with E-state index in [0.29, 0.717) is 18.8 Å². The molecule has 1 aliphatic heterocycles. The molecule has 6 heteroatoms. The molecule has 1 atom stereocenters. The number of benzene rings is 1. The van der Waals surface area contributed by atoms with Crippen LogP contribution in [0.1, 0.15) is 16.9 Å². The first-order chi connectivity index (χ1) is 10.7. The van der Waals surface area contributed by atoms with Gasteiger partial charge in [-0.25, -0.2) is 4.98 Å². The number of aliphatic hydroxyl groups excluding tert-OH is 1. The lowest BCUT2D eigenvalue weighted by molar-refractivity contribution is 0.0777. The summed E-state index contributed by atoms with van der Waals surface area (Å²) in [5.41, 5.74) is 1.45. The molecule has 0 bridgehead atoms. The van der Waals surface area contributed by atoms with E-state index in [0.717, 1.165) is 22.7 Å². The summed E-state index contributed by atoms with van der Waals surface area (Å²) in [5, 5.41) is 11.8. The zero-order valence-corrected chi connectivity index (χ0v) is 13.2. The average molecular weight is 318 g/mol. The fourth-order valence-electron chi connectivity index (χ4n) is 2.57. The van der Waals surface area contributed by atoms with Gasteiger partial charge in [-0.05, 0) is 30.7 Å². The van der Waals surface area contributed by atoms with Gasteiger partial charge in [0.15, 0.2) is 0 Å². The number of hydrogen-bond acceptors (Lipinski definition) is 5. The molecule has 1 amide bonds. The number of aliphatic hydroxyl groups is 1. The number of amides is 1. The maximum Gasteiger partial charge on any atom is 0.273 e. The molecule has 1 aromatic heterocycles. The van der Waals surface area contributed by atoms with Crippen LogP contribution in [-0.4, -0.2) is 47.7 Å².